The van der Waals surface area contributed by atoms with E-state index in [1.54, 1.807) is 6.07 Å². The smallest absolute Gasteiger partial charge is 0.338 e. The van der Waals surface area contributed by atoms with Gasteiger partial charge in [-0.1, -0.05) is 31.0 Å². The van der Waals surface area contributed by atoms with E-state index in [1.807, 2.05) is 18.2 Å². The predicted octanol–water partition coefficient (Wildman–Crippen LogP) is 2.12. The molecule has 1 aromatic carbocycles. The van der Waals surface area contributed by atoms with Gasteiger partial charge >= 0.3 is 5.97 Å². The zero-order valence-corrected chi connectivity index (χ0v) is 12.0. The van der Waals surface area contributed by atoms with Crippen molar-refractivity contribution in [3.8, 4) is 0 Å². The van der Waals surface area contributed by atoms with Gasteiger partial charge in [-0.05, 0) is 24.5 Å². The van der Waals surface area contributed by atoms with Crippen LogP contribution in [0.5, 0.6) is 0 Å². The van der Waals surface area contributed by atoms with Gasteiger partial charge in [0.15, 0.2) is 0 Å². The van der Waals surface area contributed by atoms with Gasteiger partial charge in [0, 0.05) is 25.1 Å². The van der Waals surface area contributed by atoms with E-state index < -0.39 is 0 Å². The van der Waals surface area contributed by atoms with Gasteiger partial charge in [0.2, 0.25) is 0 Å². The van der Waals surface area contributed by atoms with E-state index in [2.05, 4.69) is 5.32 Å². The van der Waals surface area contributed by atoms with Crippen molar-refractivity contribution in [1.82, 2.24) is 5.32 Å². The fourth-order valence-corrected chi connectivity index (χ4v) is 2.96. The Kier molecular flexibility index (Phi) is 5.15. The Morgan fingerprint density at radius 2 is 2.05 bits per heavy atom. The lowest BCUT2D eigenvalue weighted by atomic mass is 9.87. The number of aliphatic hydroxyl groups is 1. The molecule has 0 radical (unpaired) electrons. The second kappa shape index (κ2) is 6.86. The zero-order valence-electron chi connectivity index (χ0n) is 12.0. The number of nitrogens with one attached hydrogen (secondary N) is 1. The standard InChI is InChI=1S/C16H23NO3/c1-20-15(19)14-7-3-2-6-13(14)10-17-11-16(12-18)8-4-5-9-16/h2-3,6-7,17-18H,4-5,8-12H2,1H3. The number of carbonyl (C=O) groups excluding carboxylic acids is 1. The fraction of sp³-hybridized carbons (Fsp3) is 0.562. The van der Waals surface area contributed by atoms with E-state index in [1.165, 1.54) is 20.0 Å². The van der Waals surface area contributed by atoms with Gasteiger partial charge in [-0.15, -0.1) is 0 Å². The molecule has 0 amide bonds. The third-order valence-electron chi connectivity index (χ3n) is 4.24. The maximum Gasteiger partial charge on any atom is 0.338 e. The Morgan fingerprint density at radius 1 is 1.35 bits per heavy atom. The number of aliphatic hydroxyl groups excluding tert-OH is 1. The normalized spacial score (nSPS) is 17.1. The van der Waals surface area contributed by atoms with Crippen molar-refractivity contribution in [2.24, 2.45) is 5.41 Å². The second-order valence-corrected chi connectivity index (χ2v) is 5.62. The van der Waals surface area contributed by atoms with Crippen LogP contribution >= 0.6 is 0 Å². The summed E-state index contributed by atoms with van der Waals surface area (Å²) in [6.45, 7) is 1.64. The molecule has 2 N–H and O–H groups in total. The van der Waals surface area contributed by atoms with Crippen molar-refractivity contribution < 1.29 is 14.6 Å². The minimum Gasteiger partial charge on any atom is -0.465 e. The first-order chi connectivity index (χ1) is 9.71. The van der Waals surface area contributed by atoms with Crippen LogP contribution in [0.25, 0.3) is 0 Å². The molecule has 0 heterocycles. The van der Waals surface area contributed by atoms with E-state index >= 15 is 0 Å². The summed E-state index contributed by atoms with van der Waals surface area (Å²) in [5.41, 5.74) is 1.57. The van der Waals surface area contributed by atoms with Crippen molar-refractivity contribution in [3.05, 3.63) is 35.4 Å². The number of ether oxygens (including phenoxy) is 1. The van der Waals surface area contributed by atoms with Gasteiger partial charge in [-0.2, -0.15) is 0 Å². The van der Waals surface area contributed by atoms with Gasteiger partial charge in [0.1, 0.15) is 0 Å². The first kappa shape index (κ1) is 15.0. The maximum absolute atomic E-state index is 11.7. The summed E-state index contributed by atoms with van der Waals surface area (Å²) in [6, 6.07) is 7.46. The molecule has 0 aromatic heterocycles. The number of esters is 1. The number of rotatable bonds is 6. The van der Waals surface area contributed by atoms with Crippen LogP contribution in [0.3, 0.4) is 0 Å². The van der Waals surface area contributed by atoms with E-state index in [9.17, 15) is 9.90 Å². The maximum atomic E-state index is 11.7. The second-order valence-electron chi connectivity index (χ2n) is 5.62. The van der Waals surface area contributed by atoms with E-state index in [0.29, 0.717) is 12.1 Å². The van der Waals surface area contributed by atoms with Gasteiger partial charge in [0.25, 0.3) is 0 Å². The average Bonchev–Trinajstić information content (AvgIpc) is 2.96. The van der Waals surface area contributed by atoms with Crippen molar-refractivity contribution in [3.63, 3.8) is 0 Å². The van der Waals surface area contributed by atoms with Crippen molar-refractivity contribution in [2.45, 2.75) is 32.2 Å². The number of carbonyl (C=O) groups is 1. The summed E-state index contributed by atoms with van der Waals surface area (Å²) in [5, 5.41) is 13.0. The summed E-state index contributed by atoms with van der Waals surface area (Å²) in [5.74, 6) is -0.305. The molecular weight excluding hydrogens is 254 g/mol. The molecular formula is C16H23NO3. The molecule has 110 valence electrons. The Bertz CT molecular complexity index is 453. The molecule has 20 heavy (non-hydrogen) atoms. The Morgan fingerprint density at radius 3 is 2.70 bits per heavy atom. The van der Waals surface area contributed by atoms with Crippen LogP contribution in [-0.2, 0) is 11.3 Å². The molecule has 1 aromatic rings. The summed E-state index contributed by atoms with van der Waals surface area (Å²) in [4.78, 5) is 11.7. The summed E-state index contributed by atoms with van der Waals surface area (Å²) >= 11 is 0. The highest BCUT2D eigenvalue weighted by Crippen LogP contribution is 2.36. The van der Waals surface area contributed by atoms with Crippen LogP contribution in [0.4, 0.5) is 0 Å². The molecule has 1 fully saturated rings. The molecule has 0 saturated heterocycles. The van der Waals surface area contributed by atoms with E-state index in [0.717, 1.165) is 24.9 Å². The largest absolute Gasteiger partial charge is 0.465 e. The number of hydrogen-bond donors (Lipinski definition) is 2. The third-order valence-corrected chi connectivity index (χ3v) is 4.24. The predicted molar refractivity (Wildman–Crippen MR) is 77.5 cm³/mol. The van der Waals surface area contributed by atoms with Crippen LogP contribution < -0.4 is 5.32 Å². The quantitative estimate of drug-likeness (QED) is 0.782. The molecule has 1 aliphatic carbocycles. The highest BCUT2D eigenvalue weighted by Gasteiger charge is 2.32. The Hall–Kier alpha value is -1.39. The molecule has 4 nitrogen and oxygen atoms in total. The summed E-state index contributed by atoms with van der Waals surface area (Å²) in [7, 11) is 1.39. The van der Waals surface area contributed by atoms with Gasteiger partial charge in [0.05, 0.1) is 12.7 Å². The van der Waals surface area contributed by atoms with Gasteiger partial charge < -0.3 is 15.2 Å². The molecule has 2 rings (SSSR count). The van der Waals surface area contributed by atoms with Crippen LogP contribution in [0.2, 0.25) is 0 Å². The lowest BCUT2D eigenvalue weighted by Gasteiger charge is -2.26. The first-order valence-corrected chi connectivity index (χ1v) is 7.18. The lowest BCUT2D eigenvalue weighted by molar-refractivity contribution is 0.0599. The van der Waals surface area contributed by atoms with Crippen LogP contribution in [0.1, 0.15) is 41.6 Å². The van der Waals surface area contributed by atoms with Crippen molar-refractivity contribution >= 4 is 5.97 Å². The summed E-state index contributed by atoms with van der Waals surface area (Å²) < 4.78 is 4.79. The van der Waals surface area contributed by atoms with E-state index in [-0.39, 0.29) is 18.0 Å². The topological polar surface area (TPSA) is 58.6 Å². The Labute approximate surface area is 120 Å². The molecule has 0 atom stereocenters. The number of benzene rings is 1. The molecule has 4 heteroatoms. The van der Waals surface area contributed by atoms with Crippen molar-refractivity contribution in [2.75, 3.05) is 20.3 Å². The molecule has 0 spiro atoms. The zero-order chi connectivity index (χ0) is 14.4. The fourth-order valence-electron chi connectivity index (χ4n) is 2.96. The van der Waals surface area contributed by atoms with Crippen molar-refractivity contribution in [1.29, 1.82) is 0 Å². The van der Waals surface area contributed by atoms with Crippen LogP contribution in [0.15, 0.2) is 24.3 Å². The van der Waals surface area contributed by atoms with Gasteiger partial charge in [-0.25, -0.2) is 4.79 Å². The monoisotopic (exact) mass is 277 g/mol. The highest BCUT2D eigenvalue weighted by molar-refractivity contribution is 5.90. The summed E-state index contributed by atoms with van der Waals surface area (Å²) in [6.07, 6.45) is 4.55. The molecule has 0 aliphatic heterocycles. The van der Waals surface area contributed by atoms with E-state index in [4.69, 9.17) is 4.74 Å². The molecule has 1 saturated carbocycles. The first-order valence-electron chi connectivity index (χ1n) is 7.18. The van der Waals surface area contributed by atoms with Crippen LogP contribution in [0, 0.1) is 5.41 Å². The third kappa shape index (κ3) is 3.38. The minimum absolute atomic E-state index is 0.0280. The highest BCUT2D eigenvalue weighted by atomic mass is 16.5. The molecule has 0 bridgehead atoms. The number of hydrogen-bond acceptors (Lipinski definition) is 4. The SMILES string of the molecule is COC(=O)c1ccccc1CNCC1(CO)CCCC1. The minimum atomic E-state index is -0.305. The molecule has 1 aliphatic rings. The van der Waals surface area contributed by atoms with Gasteiger partial charge in [-0.3, -0.25) is 0 Å². The average molecular weight is 277 g/mol. The Balaban J connectivity index is 1.95. The van der Waals surface area contributed by atoms with Crippen LogP contribution in [-0.4, -0.2) is 31.3 Å². The molecule has 0 unspecified atom stereocenters. The lowest BCUT2D eigenvalue weighted by Crippen LogP contribution is -2.35. The number of methoxy groups -OCH3 is 1.